The maximum Gasteiger partial charge on any atom is 0.338 e. The zero-order chi connectivity index (χ0) is 32.0. The van der Waals surface area contributed by atoms with Crippen LogP contribution in [0.1, 0.15) is 27.7 Å². The average molecular weight is 585 g/mol. The van der Waals surface area contributed by atoms with E-state index in [-0.39, 0.29) is 50.9 Å². The summed E-state index contributed by atoms with van der Waals surface area (Å²) in [5, 5.41) is 0. The monoisotopic (exact) mass is 584 g/mol. The molecule has 0 aliphatic heterocycles. The van der Waals surface area contributed by atoms with E-state index in [1.54, 1.807) is 6.07 Å². The Bertz CT molecular complexity index is 1670. The van der Waals surface area contributed by atoms with Gasteiger partial charge in [-0.1, -0.05) is 44.5 Å². The summed E-state index contributed by atoms with van der Waals surface area (Å²) < 4.78 is 36.8. The molecule has 0 saturated carbocycles. The topological polar surface area (TPSA) is 105 Å². The lowest BCUT2D eigenvalue weighted by atomic mass is 9.99. The highest BCUT2D eigenvalue weighted by Crippen LogP contribution is 2.37. The molecule has 3 aromatic carbocycles. The minimum absolute atomic E-state index is 0.0448. The summed E-state index contributed by atoms with van der Waals surface area (Å²) >= 11 is 0. The van der Waals surface area contributed by atoms with Crippen LogP contribution in [0.3, 0.4) is 0 Å². The molecule has 8 nitrogen and oxygen atoms in total. The van der Waals surface area contributed by atoms with Crippen LogP contribution in [0.5, 0.6) is 23.0 Å². The van der Waals surface area contributed by atoms with Crippen molar-refractivity contribution in [3.63, 3.8) is 0 Å². The predicted octanol–water partition coefficient (Wildman–Crippen LogP) is 7.09. The highest BCUT2D eigenvalue weighted by atomic mass is 19.1. The van der Waals surface area contributed by atoms with Crippen molar-refractivity contribution in [2.75, 3.05) is 0 Å². The molecule has 9 heteroatoms. The van der Waals surface area contributed by atoms with Gasteiger partial charge in [0, 0.05) is 33.9 Å². The third-order valence-corrected chi connectivity index (χ3v) is 5.66. The van der Waals surface area contributed by atoms with Gasteiger partial charge in [-0.2, -0.15) is 0 Å². The Balaban J connectivity index is 2.06. The van der Waals surface area contributed by atoms with Crippen LogP contribution in [0.4, 0.5) is 4.39 Å². The van der Waals surface area contributed by atoms with Crippen molar-refractivity contribution in [3.05, 3.63) is 109 Å². The Morgan fingerprint density at radius 1 is 0.512 bits per heavy atom. The first-order valence-electron chi connectivity index (χ1n) is 12.8. The molecule has 0 amide bonds. The molecule has 0 unspecified atom stereocenters. The van der Waals surface area contributed by atoms with Crippen LogP contribution < -0.4 is 18.9 Å². The quantitative estimate of drug-likeness (QED) is 0.141. The van der Waals surface area contributed by atoms with Gasteiger partial charge in [0.05, 0.1) is 0 Å². The molecule has 0 N–H and O–H groups in total. The fraction of sp³-hybridized carbons (Fsp3) is 0.118. The van der Waals surface area contributed by atoms with Crippen LogP contribution in [0.25, 0.3) is 22.3 Å². The highest BCUT2D eigenvalue weighted by Gasteiger charge is 2.19. The fourth-order valence-corrected chi connectivity index (χ4v) is 3.39. The number of hydrogen-bond donors (Lipinski definition) is 0. The van der Waals surface area contributed by atoms with Crippen LogP contribution in [-0.4, -0.2) is 23.9 Å². The minimum atomic E-state index is -0.768. The summed E-state index contributed by atoms with van der Waals surface area (Å²) in [5.41, 5.74) is 1.70. The number of halogens is 1. The lowest BCUT2D eigenvalue weighted by molar-refractivity contribution is -0.132. The number of benzene rings is 3. The first kappa shape index (κ1) is 32.0. The number of esters is 4. The van der Waals surface area contributed by atoms with E-state index in [4.69, 9.17) is 18.9 Å². The Morgan fingerprint density at radius 3 is 1.42 bits per heavy atom. The summed E-state index contributed by atoms with van der Waals surface area (Å²) in [6.45, 7) is 20.0. The maximum absolute atomic E-state index is 15.6. The molecule has 0 fully saturated rings. The molecule has 0 aliphatic carbocycles. The molecular formula is C34H29FO8. The highest BCUT2D eigenvalue weighted by molar-refractivity contribution is 5.92. The number of rotatable bonds is 10. The fourth-order valence-electron chi connectivity index (χ4n) is 3.39. The third-order valence-electron chi connectivity index (χ3n) is 5.66. The van der Waals surface area contributed by atoms with Crippen LogP contribution >= 0.6 is 0 Å². The molecule has 0 aromatic heterocycles. The van der Waals surface area contributed by atoms with Gasteiger partial charge in [-0.15, -0.1) is 0 Å². The van der Waals surface area contributed by atoms with Crippen LogP contribution in [-0.2, 0) is 19.2 Å². The van der Waals surface area contributed by atoms with Gasteiger partial charge in [0.1, 0.15) is 17.3 Å². The van der Waals surface area contributed by atoms with E-state index in [1.807, 2.05) is 0 Å². The summed E-state index contributed by atoms with van der Waals surface area (Å²) in [6.07, 6.45) is 0. The molecule has 0 spiro atoms. The minimum Gasteiger partial charge on any atom is -0.423 e. The lowest BCUT2D eigenvalue weighted by Crippen LogP contribution is -2.12. The average Bonchev–Trinajstić information content (AvgIpc) is 2.93. The molecule has 0 saturated heterocycles. The molecule has 220 valence electrons. The summed E-state index contributed by atoms with van der Waals surface area (Å²) in [6, 6.07) is 12.8. The molecule has 43 heavy (non-hydrogen) atoms. The van der Waals surface area contributed by atoms with Gasteiger partial charge >= 0.3 is 23.9 Å². The van der Waals surface area contributed by atoms with Gasteiger partial charge < -0.3 is 18.9 Å². The van der Waals surface area contributed by atoms with E-state index in [0.717, 1.165) is 0 Å². The molecule has 0 heterocycles. The molecule has 0 bridgehead atoms. The lowest BCUT2D eigenvalue weighted by Gasteiger charge is -2.14. The molecule has 3 rings (SSSR count). The molecule has 0 atom stereocenters. The van der Waals surface area contributed by atoms with E-state index < -0.39 is 29.7 Å². The number of carbonyl (C=O) groups excluding carboxylic acids is 4. The van der Waals surface area contributed by atoms with E-state index in [2.05, 4.69) is 26.3 Å². The molecule has 3 aromatic rings. The number of hydrogen-bond acceptors (Lipinski definition) is 8. The van der Waals surface area contributed by atoms with E-state index in [9.17, 15) is 19.2 Å². The molecule has 0 radical (unpaired) electrons. The SMILES string of the molecule is C=C(C)C(=O)Oc1cc(OC(=O)C(=C)C)cc(-c2ccc(-c3ccc(OC(=O)C(=C)C)c(OC(=O)C(=C)C)c3)c(F)c2)c1. The van der Waals surface area contributed by atoms with Crippen molar-refractivity contribution in [2.24, 2.45) is 0 Å². The maximum atomic E-state index is 15.6. The summed E-state index contributed by atoms with van der Waals surface area (Å²) in [4.78, 5) is 48.6. The molecular weight excluding hydrogens is 555 g/mol. The van der Waals surface area contributed by atoms with Crippen molar-refractivity contribution >= 4 is 23.9 Å². The first-order valence-corrected chi connectivity index (χ1v) is 12.8. The van der Waals surface area contributed by atoms with Gasteiger partial charge in [-0.25, -0.2) is 23.6 Å². The largest absolute Gasteiger partial charge is 0.423 e. The van der Waals surface area contributed by atoms with Gasteiger partial charge in [-0.3, -0.25) is 0 Å². The Hall–Kier alpha value is -5.57. The Labute approximate surface area is 248 Å². The van der Waals surface area contributed by atoms with Gasteiger partial charge in [-0.05, 0) is 74.7 Å². The molecule has 0 aliphatic rings. The van der Waals surface area contributed by atoms with Crippen LogP contribution in [0.15, 0.2) is 103 Å². The first-order chi connectivity index (χ1) is 20.2. The van der Waals surface area contributed by atoms with Crippen LogP contribution in [0.2, 0.25) is 0 Å². The number of ether oxygens (including phenoxy) is 4. The van der Waals surface area contributed by atoms with Crippen molar-refractivity contribution in [1.82, 2.24) is 0 Å². The van der Waals surface area contributed by atoms with Crippen molar-refractivity contribution in [2.45, 2.75) is 27.7 Å². The second-order valence-electron chi connectivity index (χ2n) is 9.73. The van der Waals surface area contributed by atoms with Crippen molar-refractivity contribution in [1.29, 1.82) is 0 Å². The van der Waals surface area contributed by atoms with Gasteiger partial charge in [0.15, 0.2) is 11.5 Å². The zero-order valence-corrected chi connectivity index (χ0v) is 24.2. The summed E-state index contributed by atoms with van der Waals surface area (Å²) in [7, 11) is 0. The zero-order valence-electron chi connectivity index (χ0n) is 24.2. The standard InChI is InChI=1S/C34H29FO8/c1-18(2)31(36)40-25-13-24(14-26(17-25)41-32(37)19(3)4)22-9-11-27(28(35)15-22)23-10-12-29(42-33(38)20(5)6)30(16-23)43-34(39)21(7)8/h9-17H,1,3,5,7H2,2,4,6,8H3. The van der Waals surface area contributed by atoms with Gasteiger partial charge in [0.25, 0.3) is 0 Å². The van der Waals surface area contributed by atoms with E-state index >= 15 is 4.39 Å². The normalized spacial score (nSPS) is 10.3. The van der Waals surface area contributed by atoms with Gasteiger partial charge in [0.2, 0.25) is 0 Å². The third kappa shape index (κ3) is 8.23. The van der Waals surface area contributed by atoms with E-state index in [1.165, 1.54) is 76.2 Å². The van der Waals surface area contributed by atoms with Crippen molar-refractivity contribution in [3.8, 4) is 45.3 Å². The second kappa shape index (κ2) is 13.4. The Kier molecular flexibility index (Phi) is 9.95. The smallest absolute Gasteiger partial charge is 0.338 e. The van der Waals surface area contributed by atoms with Crippen molar-refractivity contribution < 1.29 is 42.5 Å². The Morgan fingerprint density at radius 2 is 0.953 bits per heavy atom. The van der Waals surface area contributed by atoms with E-state index in [0.29, 0.717) is 16.7 Å². The predicted molar refractivity (Wildman–Crippen MR) is 159 cm³/mol. The van der Waals surface area contributed by atoms with Crippen LogP contribution in [0, 0.1) is 5.82 Å². The summed E-state index contributed by atoms with van der Waals surface area (Å²) in [5.74, 6) is -3.66. The number of carbonyl (C=O) groups is 4. The second-order valence-corrected chi connectivity index (χ2v) is 9.73.